The summed E-state index contributed by atoms with van der Waals surface area (Å²) in [6, 6.07) is 3.22. The second kappa shape index (κ2) is 4.32. The molecule has 0 radical (unpaired) electrons. The average molecular weight is 237 g/mol. The lowest BCUT2D eigenvalue weighted by Crippen LogP contribution is -2.12. The summed E-state index contributed by atoms with van der Waals surface area (Å²) in [6.07, 6.45) is 4.64. The van der Waals surface area contributed by atoms with E-state index in [1.54, 1.807) is 30.1 Å². The van der Waals surface area contributed by atoms with E-state index in [1.165, 1.54) is 12.4 Å². The third-order valence-corrected chi connectivity index (χ3v) is 2.17. The molecule has 0 atom stereocenters. The van der Waals surface area contributed by atoms with Crippen molar-refractivity contribution in [1.82, 2.24) is 14.8 Å². The number of nitrogens with one attached hydrogen (secondary N) is 1. The number of aromatic nitrogens is 3. The van der Waals surface area contributed by atoms with Crippen LogP contribution in [0.5, 0.6) is 0 Å². The fourth-order valence-corrected chi connectivity index (χ4v) is 1.36. The molecule has 82 valence electrons. The summed E-state index contributed by atoms with van der Waals surface area (Å²) in [5.74, 6) is 0.157. The van der Waals surface area contributed by atoms with Gasteiger partial charge >= 0.3 is 0 Å². The fraction of sp³-hybridized carbons (Fsp3) is 0.100. The molecule has 0 saturated heterocycles. The van der Waals surface area contributed by atoms with Crippen molar-refractivity contribution in [1.29, 1.82) is 0 Å². The average Bonchev–Trinajstić information content (AvgIpc) is 2.65. The zero-order chi connectivity index (χ0) is 11.5. The molecule has 16 heavy (non-hydrogen) atoms. The number of anilines is 1. The maximum absolute atomic E-state index is 11.7. The highest BCUT2D eigenvalue weighted by atomic mass is 35.5. The molecule has 5 nitrogen and oxygen atoms in total. The van der Waals surface area contributed by atoms with Gasteiger partial charge < -0.3 is 5.32 Å². The van der Waals surface area contributed by atoms with Gasteiger partial charge in [0.2, 0.25) is 0 Å². The molecule has 1 N–H and O–H groups in total. The summed E-state index contributed by atoms with van der Waals surface area (Å²) in [4.78, 5) is 15.7. The molecule has 2 heterocycles. The zero-order valence-corrected chi connectivity index (χ0v) is 9.27. The molecular formula is C10H9ClN4O. The van der Waals surface area contributed by atoms with Crippen molar-refractivity contribution in [3.63, 3.8) is 0 Å². The van der Waals surface area contributed by atoms with Gasteiger partial charge in [-0.25, -0.2) is 4.98 Å². The monoisotopic (exact) mass is 236 g/mol. The number of hydrogen-bond donors (Lipinski definition) is 1. The van der Waals surface area contributed by atoms with E-state index < -0.39 is 0 Å². The van der Waals surface area contributed by atoms with Gasteiger partial charge in [0.1, 0.15) is 5.82 Å². The Labute approximate surface area is 97.1 Å². The number of nitrogens with zero attached hydrogens (tertiary/aromatic N) is 3. The predicted molar refractivity (Wildman–Crippen MR) is 60.4 cm³/mol. The molecular weight excluding hydrogens is 228 g/mol. The Morgan fingerprint density at radius 1 is 1.56 bits per heavy atom. The van der Waals surface area contributed by atoms with Crippen LogP contribution in [0.3, 0.4) is 0 Å². The Morgan fingerprint density at radius 2 is 2.38 bits per heavy atom. The van der Waals surface area contributed by atoms with Gasteiger partial charge in [-0.05, 0) is 12.1 Å². The molecule has 2 rings (SSSR count). The number of amides is 1. The van der Waals surface area contributed by atoms with Crippen molar-refractivity contribution in [2.45, 2.75) is 0 Å². The minimum atomic E-state index is -0.261. The highest BCUT2D eigenvalue weighted by Gasteiger charge is 2.08. The van der Waals surface area contributed by atoms with Gasteiger partial charge in [0.15, 0.2) is 0 Å². The van der Waals surface area contributed by atoms with Crippen LogP contribution >= 0.6 is 11.6 Å². The maximum Gasteiger partial charge on any atom is 0.260 e. The number of carbonyl (C=O) groups is 1. The first-order chi connectivity index (χ1) is 7.65. The summed E-state index contributed by atoms with van der Waals surface area (Å²) in [6.45, 7) is 0. The van der Waals surface area contributed by atoms with Crippen molar-refractivity contribution in [2.75, 3.05) is 5.32 Å². The van der Waals surface area contributed by atoms with Crippen LogP contribution in [-0.2, 0) is 7.05 Å². The number of pyridine rings is 1. The number of rotatable bonds is 2. The van der Waals surface area contributed by atoms with Gasteiger partial charge in [0, 0.05) is 24.5 Å². The second-order valence-electron chi connectivity index (χ2n) is 3.22. The molecule has 0 aliphatic heterocycles. The van der Waals surface area contributed by atoms with Crippen LogP contribution in [0.1, 0.15) is 10.4 Å². The van der Waals surface area contributed by atoms with Crippen LogP contribution in [0, 0.1) is 0 Å². The molecule has 0 aliphatic rings. The van der Waals surface area contributed by atoms with E-state index in [1.807, 2.05) is 0 Å². The van der Waals surface area contributed by atoms with Gasteiger partial charge in [-0.15, -0.1) is 0 Å². The van der Waals surface area contributed by atoms with Crippen molar-refractivity contribution in [3.8, 4) is 0 Å². The van der Waals surface area contributed by atoms with Crippen LogP contribution < -0.4 is 5.32 Å². The van der Waals surface area contributed by atoms with E-state index in [2.05, 4.69) is 15.4 Å². The SMILES string of the molecule is Cn1cc(C(=O)Nc2cc(Cl)ccn2)cn1. The van der Waals surface area contributed by atoms with Crippen molar-refractivity contribution < 1.29 is 4.79 Å². The van der Waals surface area contributed by atoms with E-state index in [4.69, 9.17) is 11.6 Å². The Balaban J connectivity index is 2.13. The third kappa shape index (κ3) is 2.38. The molecule has 0 saturated carbocycles. The molecule has 0 unspecified atom stereocenters. The van der Waals surface area contributed by atoms with Gasteiger partial charge in [0.05, 0.1) is 11.8 Å². The van der Waals surface area contributed by atoms with Gasteiger partial charge in [-0.1, -0.05) is 11.6 Å². The highest BCUT2D eigenvalue weighted by Crippen LogP contribution is 2.12. The lowest BCUT2D eigenvalue weighted by Gasteiger charge is -2.01. The first-order valence-electron chi connectivity index (χ1n) is 4.57. The van der Waals surface area contributed by atoms with E-state index in [9.17, 15) is 4.79 Å². The first-order valence-corrected chi connectivity index (χ1v) is 4.94. The minimum absolute atomic E-state index is 0.261. The Kier molecular flexibility index (Phi) is 2.87. The Bertz CT molecular complexity index is 523. The maximum atomic E-state index is 11.7. The van der Waals surface area contributed by atoms with Crippen molar-refractivity contribution >= 4 is 23.3 Å². The number of aryl methyl sites for hydroxylation is 1. The van der Waals surface area contributed by atoms with E-state index in [0.717, 1.165) is 0 Å². The van der Waals surface area contributed by atoms with Crippen molar-refractivity contribution in [3.05, 3.63) is 41.3 Å². The fourth-order valence-electron chi connectivity index (χ4n) is 1.20. The topological polar surface area (TPSA) is 59.8 Å². The Hall–Kier alpha value is -1.88. The molecule has 6 heteroatoms. The van der Waals surface area contributed by atoms with Gasteiger partial charge in [-0.3, -0.25) is 9.48 Å². The smallest absolute Gasteiger partial charge is 0.260 e. The number of hydrogen-bond acceptors (Lipinski definition) is 3. The largest absolute Gasteiger partial charge is 0.306 e. The molecule has 0 spiro atoms. The van der Waals surface area contributed by atoms with Gasteiger partial charge in [0.25, 0.3) is 5.91 Å². The van der Waals surface area contributed by atoms with Crippen LogP contribution in [0.25, 0.3) is 0 Å². The summed E-state index contributed by atoms with van der Waals surface area (Å²) in [5.41, 5.74) is 0.476. The van der Waals surface area contributed by atoms with Crippen molar-refractivity contribution in [2.24, 2.45) is 7.05 Å². The lowest BCUT2D eigenvalue weighted by molar-refractivity contribution is 0.102. The molecule has 2 aromatic rings. The summed E-state index contributed by atoms with van der Waals surface area (Å²) >= 11 is 5.77. The molecule has 1 amide bonds. The Morgan fingerprint density at radius 3 is 3.00 bits per heavy atom. The summed E-state index contributed by atoms with van der Waals surface area (Å²) in [5, 5.41) is 7.06. The molecule has 0 aromatic carbocycles. The zero-order valence-electron chi connectivity index (χ0n) is 8.51. The number of carbonyl (C=O) groups excluding carboxylic acids is 1. The minimum Gasteiger partial charge on any atom is -0.306 e. The molecule has 0 fully saturated rings. The van der Waals surface area contributed by atoms with Crippen LogP contribution in [0.15, 0.2) is 30.7 Å². The standard InChI is InChI=1S/C10H9ClN4O/c1-15-6-7(5-13-15)10(16)14-9-4-8(11)2-3-12-9/h2-6H,1H3,(H,12,14,16). The quantitative estimate of drug-likeness (QED) is 0.864. The normalized spacial score (nSPS) is 10.1. The lowest BCUT2D eigenvalue weighted by atomic mass is 10.3. The summed E-state index contributed by atoms with van der Waals surface area (Å²) in [7, 11) is 1.74. The second-order valence-corrected chi connectivity index (χ2v) is 3.65. The van der Waals surface area contributed by atoms with Gasteiger partial charge in [-0.2, -0.15) is 5.10 Å². The highest BCUT2D eigenvalue weighted by molar-refractivity contribution is 6.30. The molecule has 0 bridgehead atoms. The van der Waals surface area contributed by atoms with E-state index in [0.29, 0.717) is 16.4 Å². The van der Waals surface area contributed by atoms with Crippen LogP contribution in [0.2, 0.25) is 5.02 Å². The predicted octanol–water partition coefficient (Wildman–Crippen LogP) is 1.72. The third-order valence-electron chi connectivity index (χ3n) is 1.93. The molecule has 0 aliphatic carbocycles. The molecule has 2 aromatic heterocycles. The van der Waals surface area contributed by atoms with E-state index >= 15 is 0 Å². The van der Waals surface area contributed by atoms with E-state index in [-0.39, 0.29) is 5.91 Å². The van der Waals surface area contributed by atoms with Crippen LogP contribution in [0.4, 0.5) is 5.82 Å². The number of halogens is 1. The first kappa shape index (κ1) is 10.6. The summed E-state index contributed by atoms with van der Waals surface area (Å²) < 4.78 is 1.56. The van der Waals surface area contributed by atoms with Crippen LogP contribution in [-0.4, -0.2) is 20.7 Å².